The van der Waals surface area contributed by atoms with E-state index in [4.69, 9.17) is 16.3 Å². The Bertz CT molecular complexity index is 1680. The van der Waals surface area contributed by atoms with Crippen LogP contribution in [0.4, 0.5) is 5.69 Å². The van der Waals surface area contributed by atoms with Crippen molar-refractivity contribution in [2.75, 3.05) is 11.5 Å². The Morgan fingerprint density at radius 2 is 1.57 bits per heavy atom. The van der Waals surface area contributed by atoms with Gasteiger partial charge in [0.05, 0.1) is 24.7 Å². The minimum atomic E-state index is -1.50. The third-order valence-corrected chi connectivity index (χ3v) is 9.26. The highest BCUT2D eigenvalue weighted by Crippen LogP contribution is 2.49. The lowest BCUT2D eigenvalue weighted by molar-refractivity contribution is -0.231. The van der Waals surface area contributed by atoms with Gasteiger partial charge in [0.1, 0.15) is 36.3 Å². The number of amides is 1. The molecule has 0 spiro atoms. The van der Waals surface area contributed by atoms with Crippen LogP contribution in [0.15, 0.2) is 97.1 Å². The fourth-order valence-electron chi connectivity index (χ4n) is 6.53. The number of benzene rings is 4. The number of halogens is 1. The van der Waals surface area contributed by atoms with Crippen molar-refractivity contribution in [3.63, 3.8) is 0 Å². The minimum absolute atomic E-state index is 0.00503. The maximum atomic E-state index is 13.5. The van der Waals surface area contributed by atoms with E-state index in [9.17, 15) is 35.4 Å². The Kier molecular flexibility index (Phi) is 9.44. The number of phenolic OH excluding ortho intramolecular Hbond substituents is 1. The SMILES string of the molecule is O=C1[C@H](CC[C@H](O)c2cccc(Cl)c2)[C@@H](c2ccc(-c3cccc([C@@H]4O[C@H](CO)[C@@H](O)[C@H](O)[C@H]4O)c3)cc2O)N1c1ccccc1. The summed E-state index contributed by atoms with van der Waals surface area (Å²) in [7, 11) is 0. The fraction of sp³-hybridized carbons (Fsp3) is 0.306. The van der Waals surface area contributed by atoms with Gasteiger partial charge in [0, 0.05) is 16.3 Å². The summed E-state index contributed by atoms with van der Waals surface area (Å²) in [5, 5.41) is 63.4. The number of nitrogens with zero attached hydrogens (tertiary/aromatic N) is 1. The number of para-hydroxylation sites is 1. The predicted octanol–water partition coefficient (Wildman–Crippen LogP) is 4.45. The number of hydrogen-bond acceptors (Lipinski definition) is 8. The van der Waals surface area contributed by atoms with Crippen LogP contribution >= 0.6 is 11.6 Å². The molecule has 0 aliphatic carbocycles. The van der Waals surface area contributed by atoms with Crippen LogP contribution in [-0.2, 0) is 9.53 Å². The van der Waals surface area contributed by atoms with Gasteiger partial charge in [0.15, 0.2) is 0 Å². The van der Waals surface area contributed by atoms with E-state index in [0.29, 0.717) is 51.4 Å². The lowest BCUT2D eigenvalue weighted by Crippen LogP contribution is -2.55. The number of rotatable bonds is 9. The molecule has 2 fully saturated rings. The molecule has 46 heavy (non-hydrogen) atoms. The average molecular weight is 646 g/mol. The number of aromatic hydroxyl groups is 1. The highest BCUT2D eigenvalue weighted by Gasteiger charge is 2.49. The number of anilines is 1. The molecule has 2 aliphatic rings. The van der Waals surface area contributed by atoms with Gasteiger partial charge in [-0.25, -0.2) is 0 Å². The quantitative estimate of drug-likeness (QED) is 0.146. The van der Waals surface area contributed by atoms with Gasteiger partial charge in [-0.1, -0.05) is 72.3 Å². The molecule has 0 saturated carbocycles. The number of aliphatic hydroxyl groups is 5. The molecule has 6 rings (SSSR count). The zero-order chi connectivity index (χ0) is 32.5. The molecule has 8 atom stereocenters. The summed E-state index contributed by atoms with van der Waals surface area (Å²) in [6.45, 7) is -0.527. The molecule has 0 bridgehead atoms. The number of hydrogen-bond donors (Lipinski definition) is 6. The van der Waals surface area contributed by atoms with E-state index in [0.717, 1.165) is 0 Å². The summed E-state index contributed by atoms with van der Waals surface area (Å²) in [6.07, 6.45) is -6.48. The van der Waals surface area contributed by atoms with E-state index < -0.39 is 55.2 Å². The van der Waals surface area contributed by atoms with Crippen LogP contribution in [0.2, 0.25) is 5.02 Å². The second-order valence-corrected chi connectivity index (χ2v) is 12.3. The van der Waals surface area contributed by atoms with Gasteiger partial charge >= 0.3 is 0 Å². The van der Waals surface area contributed by atoms with Crippen LogP contribution in [0, 0.1) is 5.92 Å². The van der Waals surface area contributed by atoms with Crippen LogP contribution in [-0.4, -0.2) is 67.6 Å². The first-order valence-corrected chi connectivity index (χ1v) is 15.6. The zero-order valence-corrected chi connectivity index (χ0v) is 25.6. The summed E-state index contributed by atoms with van der Waals surface area (Å²) >= 11 is 6.11. The normalized spacial score (nSPS) is 26.9. The molecule has 240 valence electrons. The van der Waals surface area contributed by atoms with Crippen molar-refractivity contribution in [2.45, 2.75) is 55.5 Å². The number of β-lactam (4-membered cyclic amide) rings is 1. The molecule has 1 amide bonds. The second-order valence-electron chi connectivity index (χ2n) is 11.9. The third kappa shape index (κ3) is 6.15. The number of phenols is 1. The molecule has 0 aromatic heterocycles. The van der Waals surface area contributed by atoms with Gasteiger partial charge in [0.25, 0.3) is 0 Å². The van der Waals surface area contributed by atoms with Crippen LogP contribution in [0.3, 0.4) is 0 Å². The number of carbonyl (C=O) groups is 1. The first-order valence-electron chi connectivity index (χ1n) is 15.2. The maximum absolute atomic E-state index is 13.5. The fourth-order valence-corrected chi connectivity index (χ4v) is 6.72. The first kappa shape index (κ1) is 32.2. The molecule has 2 heterocycles. The van der Waals surface area contributed by atoms with E-state index in [1.165, 1.54) is 0 Å². The van der Waals surface area contributed by atoms with Crippen molar-refractivity contribution in [3.8, 4) is 16.9 Å². The van der Waals surface area contributed by atoms with Crippen molar-refractivity contribution >= 4 is 23.2 Å². The summed E-state index contributed by atoms with van der Waals surface area (Å²) in [6, 6.07) is 28.1. The van der Waals surface area contributed by atoms with Crippen molar-refractivity contribution < 1.29 is 40.2 Å². The van der Waals surface area contributed by atoms with Crippen LogP contribution in [0.25, 0.3) is 11.1 Å². The summed E-state index contributed by atoms with van der Waals surface area (Å²) in [5.74, 6) is -0.569. The molecule has 0 unspecified atom stereocenters. The topological polar surface area (TPSA) is 151 Å². The minimum Gasteiger partial charge on any atom is -0.508 e. The standard InChI is InChI=1S/C36H36ClNO8/c37-24-9-5-7-22(17-24)28(40)15-14-27-31(38(36(27)45)25-10-2-1-3-11-25)26-13-12-21(18-29(26)41)20-6-4-8-23(16-20)35-34(44)33(43)32(42)30(19-39)46-35/h1-13,16-18,27-28,30-35,39-44H,14-15,19H2/t27-,28+,30-,31-,32-,33+,34-,35+/m1/s1. The van der Waals surface area contributed by atoms with Crippen LogP contribution in [0.1, 0.15) is 47.8 Å². The lowest BCUT2D eigenvalue weighted by atomic mass is 9.77. The van der Waals surface area contributed by atoms with Gasteiger partial charge in [-0.2, -0.15) is 0 Å². The molecule has 9 nitrogen and oxygen atoms in total. The number of aliphatic hydroxyl groups excluding tert-OH is 5. The van der Waals surface area contributed by atoms with E-state index >= 15 is 0 Å². The zero-order valence-electron chi connectivity index (χ0n) is 24.8. The smallest absolute Gasteiger partial charge is 0.233 e. The molecule has 2 saturated heterocycles. The summed E-state index contributed by atoms with van der Waals surface area (Å²) in [4.78, 5) is 15.2. The third-order valence-electron chi connectivity index (χ3n) is 9.02. The molecule has 6 N–H and O–H groups in total. The first-order chi connectivity index (χ1) is 22.2. The van der Waals surface area contributed by atoms with Crippen molar-refractivity contribution in [3.05, 3.63) is 119 Å². The summed E-state index contributed by atoms with van der Waals surface area (Å²) < 4.78 is 5.73. The Balaban J connectivity index is 1.27. The predicted molar refractivity (Wildman–Crippen MR) is 172 cm³/mol. The molecule has 4 aromatic rings. The molecule has 0 radical (unpaired) electrons. The van der Waals surface area contributed by atoms with Crippen molar-refractivity contribution in [1.29, 1.82) is 0 Å². The number of ether oxygens (including phenoxy) is 1. The van der Waals surface area contributed by atoms with Crippen LogP contribution in [0.5, 0.6) is 5.75 Å². The van der Waals surface area contributed by atoms with Crippen LogP contribution < -0.4 is 4.90 Å². The monoisotopic (exact) mass is 645 g/mol. The van der Waals surface area contributed by atoms with Gasteiger partial charge in [-0.15, -0.1) is 0 Å². The van der Waals surface area contributed by atoms with Gasteiger partial charge in [0.2, 0.25) is 5.91 Å². The summed E-state index contributed by atoms with van der Waals surface area (Å²) in [5.41, 5.74) is 3.84. The Morgan fingerprint density at radius 1 is 0.826 bits per heavy atom. The molecule has 4 aromatic carbocycles. The Hall–Kier alpha value is -3.80. The van der Waals surface area contributed by atoms with Crippen molar-refractivity contribution in [2.24, 2.45) is 5.92 Å². The highest BCUT2D eigenvalue weighted by atomic mass is 35.5. The van der Waals surface area contributed by atoms with E-state index in [1.54, 1.807) is 59.5 Å². The molecular formula is C36H36ClNO8. The maximum Gasteiger partial charge on any atom is 0.233 e. The van der Waals surface area contributed by atoms with E-state index in [-0.39, 0.29) is 11.7 Å². The second kappa shape index (κ2) is 13.5. The highest BCUT2D eigenvalue weighted by molar-refractivity contribution is 6.30. The molecule has 2 aliphatic heterocycles. The lowest BCUT2D eigenvalue weighted by Gasteiger charge is -2.48. The van der Waals surface area contributed by atoms with Gasteiger partial charge in [-0.05, 0) is 71.5 Å². The Labute approximate surface area is 271 Å². The van der Waals surface area contributed by atoms with E-state index in [2.05, 4.69) is 0 Å². The van der Waals surface area contributed by atoms with E-state index in [1.807, 2.05) is 42.5 Å². The molecule has 10 heteroatoms. The Morgan fingerprint density at radius 3 is 2.28 bits per heavy atom. The average Bonchev–Trinajstić information content (AvgIpc) is 3.07. The number of carbonyl (C=O) groups excluding carboxylic acids is 1. The van der Waals surface area contributed by atoms with Crippen molar-refractivity contribution in [1.82, 2.24) is 0 Å². The van der Waals surface area contributed by atoms with Gasteiger partial charge in [-0.3, -0.25) is 4.79 Å². The van der Waals surface area contributed by atoms with Gasteiger partial charge < -0.3 is 40.3 Å². The largest absolute Gasteiger partial charge is 0.508 e. The molecular weight excluding hydrogens is 610 g/mol.